The molecule has 1 aliphatic rings. The lowest BCUT2D eigenvalue weighted by atomic mass is 10.0. The molecule has 2 aromatic heterocycles. The zero-order chi connectivity index (χ0) is 20.5. The van der Waals surface area contributed by atoms with Gasteiger partial charge in [-0.2, -0.15) is 0 Å². The second-order valence-electron chi connectivity index (χ2n) is 7.77. The molecular weight excluding hydrogens is 428 g/mol. The molecule has 29 heavy (non-hydrogen) atoms. The fraction of sp³-hybridized carbons (Fsp3) is 0.364. The molecule has 0 saturated carbocycles. The van der Waals surface area contributed by atoms with Gasteiger partial charge in [0.25, 0.3) is 0 Å². The van der Waals surface area contributed by atoms with Gasteiger partial charge in [-0.15, -0.1) is 10.2 Å². The van der Waals surface area contributed by atoms with Crippen molar-refractivity contribution in [1.29, 1.82) is 0 Å². The Morgan fingerprint density at radius 2 is 1.86 bits per heavy atom. The first-order valence-corrected chi connectivity index (χ1v) is 10.7. The number of benzene rings is 1. The molecule has 1 aliphatic heterocycles. The number of fused-ring (bicyclic) bond motifs is 3. The van der Waals surface area contributed by atoms with Crippen LogP contribution >= 0.6 is 15.9 Å². The minimum Gasteiger partial charge on any atom is -0.291 e. The maximum absolute atomic E-state index is 4.87. The molecule has 0 radical (unpaired) electrons. The summed E-state index contributed by atoms with van der Waals surface area (Å²) in [5.41, 5.74) is 3.81. The summed E-state index contributed by atoms with van der Waals surface area (Å²) in [6, 6.07) is 13.0. The van der Waals surface area contributed by atoms with Gasteiger partial charge in [-0.25, -0.2) is 0 Å². The lowest BCUT2D eigenvalue weighted by molar-refractivity contribution is 0.160. The van der Waals surface area contributed by atoms with E-state index in [1.54, 1.807) is 6.20 Å². The monoisotopic (exact) mass is 452 g/mol. The van der Waals surface area contributed by atoms with Gasteiger partial charge in [-0.05, 0) is 58.0 Å². The summed E-state index contributed by atoms with van der Waals surface area (Å²) >= 11 is 3.63. The van der Waals surface area contributed by atoms with Crippen molar-refractivity contribution in [3.63, 3.8) is 0 Å². The normalized spacial score (nSPS) is 13.4. The first-order valence-electron chi connectivity index (χ1n) is 9.90. The van der Waals surface area contributed by atoms with E-state index in [9.17, 15) is 0 Å². The van der Waals surface area contributed by atoms with Gasteiger partial charge >= 0.3 is 0 Å². The molecule has 150 valence electrons. The van der Waals surface area contributed by atoms with Crippen LogP contribution in [0.15, 0.2) is 52.1 Å². The highest BCUT2D eigenvalue weighted by atomic mass is 79.9. The van der Waals surface area contributed by atoms with Crippen LogP contribution in [0.5, 0.6) is 0 Å². The molecule has 0 bridgehead atoms. The largest absolute Gasteiger partial charge is 0.291 e. The van der Waals surface area contributed by atoms with Crippen LogP contribution in [0, 0.1) is 0 Å². The minimum atomic E-state index is 0.413. The third-order valence-electron chi connectivity index (χ3n) is 5.19. The Hall–Kier alpha value is -2.38. The standard InChI is InChI=1S/C22H25BrN6/c1-14(2)28(15(3)4)13-21-27-26-20-12-25-22(18-7-5-6-10-24-18)17-9-8-16(23)11-19(17)29(20)21/h5-11,14-15H,12-13H2,1-4H3. The van der Waals surface area contributed by atoms with Crippen molar-refractivity contribution in [3.05, 3.63) is 70.0 Å². The van der Waals surface area contributed by atoms with Gasteiger partial charge in [0.1, 0.15) is 6.54 Å². The molecule has 1 aromatic carbocycles. The molecule has 0 saturated heterocycles. The molecule has 6 nitrogen and oxygen atoms in total. The first kappa shape index (κ1) is 19.9. The van der Waals surface area contributed by atoms with E-state index in [-0.39, 0.29) is 0 Å². The second kappa shape index (κ2) is 8.16. The zero-order valence-electron chi connectivity index (χ0n) is 17.2. The molecule has 0 amide bonds. The van der Waals surface area contributed by atoms with Crippen molar-refractivity contribution < 1.29 is 0 Å². The number of rotatable bonds is 5. The Kier molecular flexibility index (Phi) is 5.61. The van der Waals surface area contributed by atoms with E-state index in [1.165, 1.54) is 0 Å². The Bertz CT molecular complexity index is 1030. The average molecular weight is 453 g/mol. The quantitative estimate of drug-likeness (QED) is 0.575. The van der Waals surface area contributed by atoms with E-state index in [2.05, 4.69) is 80.4 Å². The highest BCUT2D eigenvalue weighted by Gasteiger charge is 2.25. The lowest BCUT2D eigenvalue weighted by Crippen LogP contribution is -2.37. The second-order valence-corrected chi connectivity index (χ2v) is 8.68. The number of aliphatic imine (C=N–C) groups is 1. The van der Waals surface area contributed by atoms with E-state index in [0.717, 1.165) is 45.3 Å². The Morgan fingerprint density at radius 1 is 1.07 bits per heavy atom. The van der Waals surface area contributed by atoms with Gasteiger partial charge in [0.15, 0.2) is 11.6 Å². The molecule has 7 heteroatoms. The van der Waals surface area contributed by atoms with Crippen LogP contribution in [-0.4, -0.2) is 42.4 Å². The highest BCUT2D eigenvalue weighted by molar-refractivity contribution is 9.10. The van der Waals surface area contributed by atoms with Crippen LogP contribution in [-0.2, 0) is 13.1 Å². The number of hydrogen-bond donors (Lipinski definition) is 0. The van der Waals surface area contributed by atoms with Gasteiger partial charge in [0.2, 0.25) is 0 Å². The summed E-state index contributed by atoms with van der Waals surface area (Å²) in [5, 5.41) is 9.03. The number of hydrogen-bond acceptors (Lipinski definition) is 5. The third kappa shape index (κ3) is 3.89. The minimum absolute atomic E-state index is 0.413. The van der Waals surface area contributed by atoms with E-state index in [1.807, 2.05) is 24.3 Å². The molecular formula is C22H25BrN6. The summed E-state index contributed by atoms with van der Waals surface area (Å²) in [5.74, 6) is 1.77. The molecule has 0 atom stereocenters. The first-order chi connectivity index (χ1) is 14.0. The number of nitrogens with zero attached hydrogens (tertiary/aromatic N) is 6. The third-order valence-corrected chi connectivity index (χ3v) is 5.68. The van der Waals surface area contributed by atoms with Crippen molar-refractivity contribution in [2.75, 3.05) is 0 Å². The van der Waals surface area contributed by atoms with Crippen molar-refractivity contribution in [2.45, 2.75) is 52.9 Å². The van der Waals surface area contributed by atoms with Crippen LogP contribution in [0.3, 0.4) is 0 Å². The summed E-state index contributed by atoms with van der Waals surface area (Å²) in [7, 11) is 0. The van der Waals surface area contributed by atoms with Crippen LogP contribution in [0.4, 0.5) is 0 Å². The van der Waals surface area contributed by atoms with E-state index in [0.29, 0.717) is 18.6 Å². The number of aromatic nitrogens is 4. The maximum atomic E-state index is 4.87. The van der Waals surface area contributed by atoms with Gasteiger partial charge in [0, 0.05) is 28.3 Å². The van der Waals surface area contributed by atoms with E-state index in [4.69, 9.17) is 4.99 Å². The van der Waals surface area contributed by atoms with Gasteiger partial charge in [-0.3, -0.25) is 19.4 Å². The topological polar surface area (TPSA) is 59.2 Å². The summed E-state index contributed by atoms with van der Waals surface area (Å²) in [6.07, 6.45) is 1.80. The van der Waals surface area contributed by atoms with Crippen LogP contribution in [0.25, 0.3) is 5.69 Å². The van der Waals surface area contributed by atoms with Gasteiger partial charge in [-0.1, -0.05) is 22.0 Å². The van der Waals surface area contributed by atoms with Crippen LogP contribution < -0.4 is 0 Å². The fourth-order valence-corrected chi connectivity index (χ4v) is 4.16. The van der Waals surface area contributed by atoms with Gasteiger partial charge < -0.3 is 0 Å². The van der Waals surface area contributed by atoms with E-state index < -0.39 is 0 Å². The molecule has 0 N–H and O–H groups in total. The smallest absolute Gasteiger partial charge is 0.159 e. The number of pyridine rings is 1. The Morgan fingerprint density at radius 3 is 2.55 bits per heavy atom. The Labute approximate surface area is 179 Å². The lowest BCUT2D eigenvalue weighted by Gasteiger charge is -2.30. The summed E-state index contributed by atoms with van der Waals surface area (Å²) in [4.78, 5) is 11.8. The SMILES string of the molecule is CC(C)N(Cc1nnc2n1-c1cc(Br)ccc1C(c1ccccn1)=NC2)C(C)C. The van der Waals surface area contributed by atoms with Crippen molar-refractivity contribution in [1.82, 2.24) is 24.6 Å². The molecule has 3 aromatic rings. The molecule has 0 spiro atoms. The summed E-state index contributed by atoms with van der Waals surface area (Å²) in [6.45, 7) is 10.1. The van der Waals surface area contributed by atoms with Crippen LogP contribution in [0.1, 0.15) is 50.6 Å². The van der Waals surface area contributed by atoms with Crippen LogP contribution in [0.2, 0.25) is 0 Å². The summed E-state index contributed by atoms with van der Waals surface area (Å²) < 4.78 is 3.17. The molecule has 4 rings (SSSR count). The van der Waals surface area contributed by atoms with Crippen molar-refractivity contribution in [2.24, 2.45) is 4.99 Å². The van der Waals surface area contributed by atoms with Crippen molar-refractivity contribution >= 4 is 21.6 Å². The molecule has 0 aliphatic carbocycles. The van der Waals surface area contributed by atoms with Crippen molar-refractivity contribution in [3.8, 4) is 5.69 Å². The number of halogens is 1. The zero-order valence-corrected chi connectivity index (χ0v) is 18.8. The molecule has 0 fully saturated rings. The highest BCUT2D eigenvalue weighted by Crippen LogP contribution is 2.28. The van der Waals surface area contributed by atoms with Gasteiger partial charge in [0.05, 0.1) is 23.6 Å². The average Bonchev–Trinajstić information content (AvgIpc) is 3.02. The predicted octanol–water partition coefficient (Wildman–Crippen LogP) is 4.39. The Balaban J connectivity index is 1.85. The predicted molar refractivity (Wildman–Crippen MR) is 118 cm³/mol. The maximum Gasteiger partial charge on any atom is 0.159 e. The van der Waals surface area contributed by atoms with E-state index >= 15 is 0 Å². The molecule has 3 heterocycles. The molecule has 0 unspecified atom stereocenters. The fourth-order valence-electron chi connectivity index (χ4n) is 3.81.